The average molecular weight is 301 g/mol. The van der Waals surface area contributed by atoms with E-state index in [2.05, 4.69) is 27.0 Å². The standard InChI is InChI=1S/C16H19N3OS/c1-11(15(20)17-2)21-16-18-10-14(19(16)13-8-9-13)12-6-4-3-5-7-12/h3-7,10-11,13H,8-9H2,1-2H3,(H,17,20)/t11-/m1/s1. The maximum absolute atomic E-state index is 11.7. The molecule has 0 aliphatic heterocycles. The van der Waals surface area contributed by atoms with Crippen LogP contribution in [0.15, 0.2) is 41.7 Å². The molecule has 1 amide bonds. The number of nitrogens with zero attached hydrogens (tertiary/aromatic N) is 2. The highest BCUT2D eigenvalue weighted by Gasteiger charge is 2.30. The van der Waals surface area contributed by atoms with E-state index in [0.717, 1.165) is 10.9 Å². The van der Waals surface area contributed by atoms with E-state index in [4.69, 9.17) is 0 Å². The molecule has 1 aliphatic rings. The summed E-state index contributed by atoms with van der Waals surface area (Å²) in [7, 11) is 1.67. The van der Waals surface area contributed by atoms with Gasteiger partial charge in [0.2, 0.25) is 5.91 Å². The maximum Gasteiger partial charge on any atom is 0.233 e. The van der Waals surface area contributed by atoms with Gasteiger partial charge in [0, 0.05) is 13.1 Å². The lowest BCUT2D eigenvalue weighted by atomic mass is 10.2. The second-order valence-corrected chi connectivity index (χ2v) is 6.58. The van der Waals surface area contributed by atoms with Gasteiger partial charge in [0.1, 0.15) is 0 Å². The van der Waals surface area contributed by atoms with Crippen molar-refractivity contribution in [1.82, 2.24) is 14.9 Å². The quantitative estimate of drug-likeness (QED) is 0.863. The fraction of sp³-hybridized carbons (Fsp3) is 0.375. The van der Waals surface area contributed by atoms with Crippen LogP contribution in [-0.4, -0.2) is 27.8 Å². The summed E-state index contributed by atoms with van der Waals surface area (Å²) in [6.07, 6.45) is 4.31. The molecular formula is C16H19N3OS. The lowest BCUT2D eigenvalue weighted by molar-refractivity contribution is -0.119. The highest BCUT2D eigenvalue weighted by atomic mass is 32.2. The van der Waals surface area contributed by atoms with E-state index in [1.165, 1.54) is 30.2 Å². The van der Waals surface area contributed by atoms with E-state index >= 15 is 0 Å². The van der Waals surface area contributed by atoms with Crippen LogP contribution in [0, 0.1) is 0 Å². The van der Waals surface area contributed by atoms with Gasteiger partial charge in [-0.1, -0.05) is 42.1 Å². The van der Waals surface area contributed by atoms with Crippen LogP contribution in [0.4, 0.5) is 0 Å². The van der Waals surface area contributed by atoms with Gasteiger partial charge in [-0.05, 0) is 25.3 Å². The molecule has 0 radical (unpaired) electrons. The molecule has 21 heavy (non-hydrogen) atoms. The van der Waals surface area contributed by atoms with Crippen molar-refractivity contribution >= 4 is 17.7 Å². The van der Waals surface area contributed by atoms with Crippen molar-refractivity contribution in [3.63, 3.8) is 0 Å². The van der Waals surface area contributed by atoms with Gasteiger partial charge in [-0.25, -0.2) is 4.98 Å². The third-order valence-electron chi connectivity index (χ3n) is 3.64. The molecule has 3 rings (SSSR count). The van der Waals surface area contributed by atoms with E-state index < -0.39 is 0 Å². The van der Waals surface area contributed by atoms with E-state index in [1.807, 2.05) is 31.3 Å². The summed E-state index contributed by atoms with van der Waals surface area (Å²) < 4.78 is 2.29. The molecule has 1 heterocycles. The highest BCUT2D eigenvalue weighted by Crippen LogP contribution is 2.42. The maximum atomic E-state index is 11.7. The summed E-state index contributed by atoms with van der Waals surface area (Å²) >= 11 is 1.53. The summed E-state index contributed by atoms with van der Waals surface area (Å²) in [4.78, 5) is 16.3. The van der Waals surface area contributed by atoms with Crippen LogP contribution in [0.3, 0.4) is 0 Å². The van der Waals surface area contributed by atoms with Crippen molar-refractivity contribution in [3.05, 3.63) is 36.5 Å². The topological polar surface area (TPSA) is 46.9 Å². The molecule has 0 saturated heterocycles. The smallest absolute Gasteiger partial charge is 0.233 e. The SMILES string of the molecule is CNC(=O)[C@@H](C)Sc1ncc(-c2ccccc2)n1C1CC1. The van der Waals surface area contributed by atoms with Crippen LogP contribution in [0.2, 0.25) is 0 Å². The summed E-state index contributed by atoms with van der Waals surface area (Å²) in [6.45, 7) is 1.91. The first-order valence-corrected chi connectivity index (χ1v) is 8.09. The van der Waals surface area contributed by atoms with E-state index in [0.29, 0.717) is 6.04 Å². The van der Waals surface area contributed by atoms with E-state index in [1.54, 1.807) is 7.05 Å². The zero-order valence-electron chi connectivity index (χ0n) is 12.2. The van der Waals surface area contributed by atoms with E-state index in [-0.39, 0.29) is 11.2 Å². The van der Waals surface area contributed by atoms with Crippen molar-refractivity contribution in [1.29, 1.82) is 0 Å². The van der Waals surface area contributed by atoms with Gasteiger partial charge < -0.3 is 9.88 Å². The van der Waals surface area contributed by atoms with Crippen LogP contribution in [-0.2, 0) is 4.79 Å². The Balaban J connectivity index is 1.92. The van der Waals surface area contributed by atoms with Gasteiger partial charge in [0.15, 0.2) is 5.16 Å². The number of nitrogens with one attached hydrogen (secondary N) is 1. The fourth-order valence-electron chi connectivity index (χ4n) is 2.35. The van der Waals surface area contributed by atoms with Crippen molar-refractivity contribution in [2.45, 2.75) is 36.2 Å². The monoisotopic (exact) mass is 301 g/mol. The summed E-state index contributed by atoms with van der Waals surface area (Å²) in [5.41, 5.74) is 2.32. The van der Waals surface area contributed by atoms with Gasteiger partial charge in [-0.2, -0.15) is 0 Å². The number of benzene rings is 1. The molecule has 4 nitrogen and oxygen atoms in total. The van der Waals surface area contributed by atoms with Crippen molar-refractivity contribution in [2.75, 3.05) is 7.05 Å². The number of rotatable bonds is 5. The molecule has 110 valence electrons. The third kappa shape index (κ3) is 2.97. The number of hydrogen-bond acceptors (Lipinski definition) is 3. The fourth-order valence-corrected chi connectivity index (χ4v) is 3.37. The van der Waals surface area contributed by atoms with Gasteiger partial charge in [-0.3, -0.25) is 4.79 Å². The normalized spacial score (nSPS) is 15.7. The predicted octanol–water partition coefficient (Wildman–Crippen LogP) is 3.11. The second-order valence-electron chi connectivity index (χ2n) is 5.27. The number of thioether (sulfide) groups is 1. The Hall–Kier alpha value is -1.75. The summed E-state index contributed by atoms with van der Waals surface area (Å²) in [6, 6.07) is 10.8. The summed E-state index contributed by atoms with van der Waals surface area (Å²) in [5, 5.41) is 3.49. The second kappa shape index (κ2) is 5.93. The molecule has 1 aromatic heterocycles. The number of carbonyl (C=O) groups is 1. The summed E-state index contributed by atoms with van der Waals surface area (Å²) in [5.74, 6) is 0.0339. The zero-order valence-corrected chi connectivity index (χ0v) is 13.1. The van der Waals surface area contributed by atoms with Gasteiger partial charge in [-0.15, -0.1) is 0 Å². The molecule has 1 aromatic carbocycles. The Labute approximate surface area is 129 Å². The van der Waals surface area contributed by atoms with Gasteiger partial charge >= 0.3 is 0 Å². The highest BCUT2D eigenvalue weighted by molar-refractivity contribution is 8.00. The molecule has 1 aliphatic carbocycles. The van der Waals surface area contributed by atoms with Crippen LogP contribution in [0.1, 0.15) is 25.8 Å². The zero-order chi connectivity index (χ0) is 14.8. The minimum absolute atomic E-state index is 0.0339. The third-order valence-corrected chi connectivity index (χ3v) is 4.72. The lowest BCUT2D eigenvalue weighted by Crippen LogP contribution is -2.27. The largest absolute Gasteiger partial charge is 0.358 e. The first-order chi connectivity index (χ1) is 10.2. The van der Waals surface area contributed by atoms with Crippen LogP contribution < -0.4 is 5.32 Å². The minimum atomic E-state index is -0.140. The molecule has 0 bridgehead atoms. The van der Waals surface area contributed by atoms with Crippen molar-refractivity contribution < 1.29 is 4.79 Å². The number of hydrogen-bond donors (Lipinski definition) is 1. The van der Waals surface area contributed by atoms with Crippen molar-refractivity contribution in [2.24, 2.45) is 0 Å². The first-order valence-electron chi connectivity index (χ1n) is 7.21. The molecule has 0 spiro atoms. The number of amides is 1. The Kier molecular flexibility index (Phi) is 4.01. The number of aromatic nitrogens is 2. The van der Waals surface area contributed by atoms with E-state index in [9.17, 15) is 4.79 Å². The molecule has 5 heteroatoms. The first kappa shape index (κ1) is 14.2. The van der Waals surface area contributed by atoms with Crippen molar-refractivity contribution in [3.8, 4) is 11.3 Å². The van der Waals surface area contributed by atoms with Crippen LogP contribution in [0.25, 0.3) is 11.3 Å². The molecule has 1 atom stereocenters. The Bertz CT molecular complexity index is 634. The van der Waals surface area contributed by atoms with Gasteiger partial charge in [0.25, 0.3) is 0 Å². The van der Waals surface area contributed by atoms with Crippen LogP contribution >= 0.6 is 11.8 Å². The molecule has 1 saturated carbocycles. The number of imidazole rings is 1. The van der Waals surface area contributed by atoms with Crippen LogP contribution in [0.5, 0.6) is 0 Å². The average Bonchev–Trinajstić information content (AvgIpc) is 3.28. The molecule has 0 unspecified atom stereocenters. The lowest BCUT2D eigenvalue weighted by Gasteiger charge is -2.13. The Morgan fingerprint density at radius 3 is 2.71 bits per heavy atom. The molecule has 1 N–H and O–H groups in total. The minimum Gasteiger partial charge on any atom is -0.358 e. The molecular weight excluding hydrogens is 282 g/mol. The van der Waals surface area contributed by atoms with Gasteiger partial charge in [0.05, 0.1) is 17.1 Å². The Morgan fingerprint density at radius 2 is 2.10 bits per heavy atom. The predicted molar refractivity (Wildman–Crippen MR) is 85.3 cm³/mol. The molecule has 2 aromatic rings. The number of carbonyl (C=O) groups excluding carboxylic acids is 1. The molecule has 1 fully saturated rings. The Morgan fingerprint density at radius 1 is 1.38 bits per heavy atom.